The molecule has 0 aliphatic rings. The molecule has 1 heterocycles. The Hall–Kier alpha value is -2.86. The second-order valence-electron chi connectivity index (χ2n) is 6.23. The van der Waals surface area contributed by atoms with Gasteiger partial charge in [-0.2, -0.15) is 0 Å². The highest BCUT2D eigenvalue weighted by molar-refractivity contribution is 7.14. The van der Waals surface area contributed by atoms with E-state index in [2.05, 4.69) is 11.1 Å². The van der Waals surface area contributed by atoms with Crippen LogP contribution in [0.25, 0.3) is 11.3 Å². The van der Waals surface area contributed by atoms with Gasteiger partial charge in [0, 0.05) is 23.6 Å². The first-order valence-corrected chi connectivity index (χ1v) is 9.35. The zero-order valence-corrected chi connectivity index (χ0v) is 16.9. The number of thiazole rings is 1. The Morgan fingerprint density at radius 2 is 1.78 bits per heavy atom. The van der Waals surface area contributed by atoms with Gasteiger partial charge in [0.2, 0.25) is 0 Å². The summed E-state index contributed by atoms with van der Waals surface area (Å²) in [6.07, 6.45) is 0. The fraction of sp³-hybridized carbons (Fsp3) is 0.238. The first kappa shape index (κ1) is 18.9. The van der Waals surface area contributed by atoms with E-state index in [9.17, 15) is 4.79 Å². The summed E-state index contributed by atoms with van der Waals surface area (Å²) >= 11 is 1.44. The van der Waals surface area contributed by atoms with Crippen LogP contribution in [0.2, 0.25) is 0 Å². The minimum absolute atomic E-state index is 0.115. The number of amides is 1. The number of carbonyl (C=O) groups excluding carboxylic acids is 1. The molecule has 3 aromatic rings. The van der Waals surface area contributed by atoms with Crippen LogP contribution in [0, 0.1) is 13.8 Å². The third-order valence-corrected chi connectivity index (χ3v) is 5.47. The van der Waals surface area contributed by atoms with Crippen LogP contribution in [0.3, 0.4) is 0 Å². The van der Waals surface area contributed by atoms with Crippen molar-refractivity contribution < 1.29 is 14.3 Å². The van der Waals surface area contributed by atoms with E-state index in [1.54, 1.807) is 50.4 Å². The highest BCUT2D eigenvalue weighted by Crippen LogP contribution is 2.32. The number of hydrogen-bond donors (Lipinski definition) is 0. The van der Waals surface area contributed by atoms with Crippen molar-refractivity contribution in [3.8, 4) is 22.8 Å². The molecule has 0 radical (unpaired) electrons. The molecule has 27 heavy (non-hydrogen) atoms. The number of hydrogen-bond acceptors (Lipinski definition) is 5. The van der Waals surface area contributed by atoms with Crippen molar-refractivity contribution in [2.24, 2.45) is 0 Å². The van der Waals surface area contributed by atoms with Crippen molar-refractivity contribution in [2.75, 3.05) is 26.2 Å². The molecular weight excluding hydrogens is 360 g/mol. The Kier molecular flexibility index (Phi) is 5.46. The maximum absolute atomic E-state index is 12.7. The van der Waals surface area contributed by atoms with Crippen LogP contribution in [0.1, 0.15) is 21.5 Å². The van der Waals surface area contributed by atoms with E-state index in [0.717, 1.165) is 33.9 Å². The Balaban J connectivity index is 1.86. The van der Waals surface area contributed by atoms with Crippen LogP contribution in [0.4, 0.5) is 5.13 Å². The van der Waals surface area contributed by atoms with E-state index in [0.29, 0.717) is 10.7 Å². The summed E-state index contributed by atoms with van der Waals surface area (Å²) in [5, 5.41) is 2.60. The van der Waals surface area contributed by atoms with E-state index < -0.39 is 0 Å². The summed E-state index contributed by atoms with van der Waals surface area (Å²) in [7, 11) is 5.00. The molecule has 5 nitrogen and oxygen atoms in total. The number of benzene rings is 2. The molecule has 0 unspecified atom stereocenters. The highest BCUT2D eigenvalue weighted by atomic mass is 32.1. The number of anilines is 1. The van der Waals surface area contributed by atoms with Crippen LogP contribution in [-0.2, 0) is 0 Å². The highest BCUT2D eigenvalue weighted by Gasteiger charge is 2.18. The van der Waals surface area contributed by atoms with Gasteiger partial charge >= 0.3 is 0 Å². The largest absolute Gasteiger partial charge is 0.497 e. The van der Waals surface area contributed by atoms with Crippen molar-refractivity contribution >= 4 is 22.4 Å². The quantitative estimate of drug-likeness (QED) is 0.641. The average Bonchev–Trinajstić information content (AvgIpc) is 3.19. The van der Waals surface area contributed by atoms with E-state index in [4.69, 9.17) is 9.47 Å². The van der Waals surface area contributed by atoms with Crippen molar-refractivity contribution in [1.82, 2.24) is 4.98 Å². The molecule has 2 aromatic carbocycles. The molecule has 0 fully saturated rings. The maximum Gasteiger partial charge on any atom is 0.259 e. The normalized spacial score (nSPS) is 10.6. The number of methoxy groups -OCH3 is 2. The van der Waals surface area contributed by atoms with Crippen LogP contribution in [0.5, 0.6) is 11.5 Å². The van der Waals surface area contributed by atoms with Gasteiger partial charge in [0.25, 0.3) is 5.91 Å². The van der Waals surface area contributed by atoms with Crippen molar-refractivity contribution in [1.29, 1.82) is 0 Å². The fourth-order valence-corrected chi connectivity index (χ4v) is 3.55. The van der Waals surface area contributed by atoms with Crippen LogP contribution >= 0.6 is 11.3 Å². The number of ether oxygens (including phenoxy) is 2. The molecule has 0 saturated carbocycles. The van der Waals surface area contributed by atoms with Gasteiger partial charge in [-0.3, -0.25) is 9.69 Å². The third kappa shape index (κ3) is 3.80. The van der Waals surface area contributed by atoms with Gasteiger partial charge in [0.15, 0.2) is 5.13 Å². The first-order valence-electron chi connectivity index (χ1n) is 8.48. The number of nitrogens with zero attached hydrogens (tertiary/aromatic N) is 2. The predicted molar refractivity (Wildman–Crippen MR) is 109 cm³/mol. The van der Waals surface area contributed by atoms with Gasteiger partial charge in [-0.1, -0.05) is 0 Å². The van der Waals surface area contributed by atoms with E-state index in [1.807, 2.05) is 25.3 Å². The molecule has 0 aliphatic carbocycles. The Bertz CT molecular complexity index is 964. The molecule has 0 aliphatic heterocycles. The summed E-state index contributed by atoms with van der Waals surface area (Å²) in [6.45, 7) is 4.08. The molecule has 1 aromatic heterocycles. The first-order chi connectivity index (χ1) is 12.9. The lowest BCUT2D eigenvalue weighted by atomic mass is 10.0. The number of carbonyl (C=O) groups is 1. The third-order valence-electron chi connectivity index (χ3n) is 4.56. The number of aromatic nitrogens is 1. The molecule has 6 heteroatoms. The zero-order chi connectivity index (χ0) is 19.6. The van der Waals surface area contributed by atoms with Gasteiger partial charge < -0.3 is 9.47 Å². The number of rotatable bonds is 5. The minimum Gasteiger partial charge on any atom is -0.497 e. The fourth-order valence-electron chi connectivity index (χ4n) is 2.75. The monoisotopic (exact) mass is 382 g/mol. The van der Waals surface area contributed by atoms with Crippen LogP contribution in [0.15, 0.2) is 41.8 Å². The molecule has 1 amide bonds. The smallest absolute Gasteiger partial charge is 0.259 e. The van der Waals surface area contributed by atoms with Crippen LogP contribution in [-0.4, -0.2) is 32.2 Å². The lowest BCUT2D eigenvalue weighted by molar-refractivity contribution is 0.0993. The maximum atomic E-state index is 12.7. The van der Waals surface area contributed by atoms with Gasteiger partial charge in [0.1, 0.15) is 11.5 Å². The van der Waals surface area contributed by atoms with E-state index in [-0.39, 0.29) is 5.91 Å². The van der Waals surface area contributed by atoms with Crippen molar-refractivity contribution in [2.45, 2.75) is 13.8 Å². The summed E-state index contributed by atoms with van der Waals surface area (Å²) in [6, 6.07) is 11.1. The average molecular weight is 382 g/mol. The van der Waals surface area contributed by atoms with E-state index in [1.165, 1.54) is 11.3 Å². The summed E-state index contributed by atoms with van der Waals surface area (Å²) in [5.74, 6) is 1.44. The molecule has 3 rings (SSSR count). The second-order valence-corrected chi connectivity index (χ2v) is 7.06. The minimum atomic E-state index is -0.115. The summed E-state index contributed by atoms with van der Waals surface area (Å²) in [5.41, 5.74) is 4.64. The SMILES string of the molecule is COc1ccc(C(=O)N(C)c2nc(-c3cc(C)c(C)c(OC)c3)cs2)cc1. The molecular formula is C21H22N2O3S. The summed E-state index contributed by atoms with van der Waals surface area (Å²) in [4.78, 5) is 18.9. The van der Waals surface area contributed by atoms with E-state index >= 15 is 0 Å². The van der Waals surface area contributed by atoms with Crippen molar-refractivity contribution in [3.05, 3.63) is 58.5 Å². The Morgan fingerprint density at radius 3 is 2.41 bits per heavy atom. The molecule has 0 atom stereocenters. The van der Waals surface area contributed by atoms with Gasteiger partial charge in [0.05, 0.1) is 19.9 Å². The molecule has 0 N–H and O–H groups in total. The molecule has 140 valence electrons. The molecule has 0 saturated heterocycles. The number of aryl methyl sites for hydroxylation is 1. The van der Waals surface area contributed by atoms with Gasteiger partial charge in [-0.05, 0) is 61.4 Å². The predicted octanol–water partition coefficient (Wildman–Crippen LogP) is 4.72. The van der Waals surface area contributed by atoms with Gasteiger partial charge in [-0.25, -0.2) is 4.98 Å². The second kappa shape index (κ2) is 7.80. The topological polar surface area (TPSA) is 51.7 Å². The van der Waals surface area contributed by atoms with Crippen molar-refractivity contribution in [3.63, 3.8) is 0 Å². The summed E-state index contributed by atoms with van der Waals surface area (Å²) < 4.78 is 10.6. The lowest BCUT2D eigenvalue weighted by Crippen LogP contribution is -2.26. The zero-order valence-electron chi connectivity index (χ0n) is 16.1. The Labute approximate surface area is 163 Å². The standard InChI is InChI=1S/C21H22N2O3S/c1-13-10-16(11-19(26-5)14(13)2)18-12-27-21(22-18)23(3)20(24)15-6-8-17(25-4)9-7-15/h6-12H,1-5H3. The molecule has 0 bridgehead atoms. The lowest BCUT2D eigenvalue weighted by Gasteiger charge is -2.14. The van der Waals surface area contributed by atoms with Crippen LogP contribution < -0.4 is 14.4 Å². The Morgan fingerprint density at radius 1 is 1.07 bits per heavy atom. The van der Waals surface area contributed by atoms with Gasteiger partial charge in [-0.15, -0.1) is 11.3 Å². The molecule has 0 spiro atoms.